The maximum atomic E-state index is 3.13. The van der Waals surface area contributed by atoms with Crippen molar-refractivity contribution in [3.05, 3.63) is 22.4 Å². The van der Waals surface area contributed by atoms with Crippen LogP contribution in [0.25, 0.3) is 6.08 Å². The van der Waals surface area contributed by atoms with E-state index in [1.165, 1.54) is 9.77 Å². The van der Waals surface area contributed by atoms with E-state index in [-0.39, 0.29) is 0 Å². The monoisotopic (exact) mass is 220 g/mol. The fourth-order valence-electron chi connectivity index (χ4n) is 0.789. The molecule has 0 nitrogen and oxygen atoms in total. The Hall–Kier alpha value is 0.309. The van der Waals surface area contributed by atoms with Crippen molar-refractivity contribution in [1.82, 2.24) is 0 Å². The van der Waals surface area contributed by atoms with Gasteiger partial charge in [-0.25, -0.2) is 0 Å². The van der Waals surface area contributed by atoms with Crippen LogP contribution in [0.15, 0.2) is 21.1 Å². The van der Waals surface area contributed by atoms with E-state index in [0.717, 1.165) is 0 Å². The summed E-state index contributed by atoms with van der Waals surface area (Å²) in [5.74, 6) is 0. The molecular formula is C6H4S2Se. The summed E-state index contributed by atoms with van der Waals surface area (Å²) in [7, 11) is 0.296. The first-order valence-corrected chi connectivity index (χ1v) is 6.73. The van der Waals surface area contributed by atoms with Crippen molar-refractivity contribution in [3.63, 3.8) is 0 Å². The fourth-order valence-corrected chi connectivity index (χ4v) is 4.57. The molecule has 1 aromatic heterocycles. The van der Waals surface area contributed by atoms with Crippen LogP contribution in [0.2, 0.25) is 0 Å². The molecular weight excluding hydrogens is 215 g/mol. The molecule has 0 bridgehead atoms. The quantitative estimate of drug-likeness (QED) is 0.588. The molecule has 9 heavy (non-hydrogen) atoms. The Morgan fingerprint density at radius 1 is 1.56 bits per heavy atom. The van der Waals surface area contributed by atoms with Crippen LogP contribution in [-0.4, -0.2) is 14.4 Å². The standard InChI is InChI=1S/C6H4S2Se/c9-8-4-2-5-1-3-7-6(5)8/h1-4H. The van der Waals surface area contributed by atoms with E-state index >= 15 is 0 Å². The van der Waals surface area contributed by atoms with Gasteiger partial charge < -0.3 is 0 Å². The molecule has 0 radical (unpaired) electrons. The number of hydrogen-bond donors (Lipinski definition) is 0. The maximum absolute atomic E-state index is 3.13. The van der Waals surface area contributed by atoms with Gasteiger partial charge in [0.05, 0.1) is 0 Å². The number of thiophene rings is 1. The van der Waals surface area contributed by atoms with Crippen molar-refractivity contribution in [1.29, 1.82) is 0 Å². The molecule has 1 unspecified atom stereocenters. The fraction of sp³-hybridized carbons (Fsp3) is 0. The summed E-state index contributed by atoms with van der Waals surface area (Å²) in [5, 5.41) is 4.37. The first-order chi connectivity index (χ1) is 4.38. The van der Waals surface area contributed by atoms with Crippen LogP contribution >= 0.6 is 20.2 Å². The molecule has 0 spiro atoms. The molecule has 0 N–H and O–H groups in total. The molecule has 2 heterocycles. The van der Waals surface area contributed by atoms with E-state index in [2.05, 4.69) is 37.3 Å². The van der Waals surface area contributed by atoms with Gasteiger partial charge in [0.25, 0.3) is 0 Å². The number of rotatable bonds is 0. The molecule has 2 rings (SSSR count). The van der Waals surface area contributed by atoms with E-state index in [4.69, 9.17) is 0 Å². The van der Waals surface area contributed by atoms with Crippen molar-refractivity contribution in [3.8, 4) is 0 Å². The van der Waals surface area contributed by atoms with Gasteiger partial charge in [0.15, 0.2) is 0 Å². The van der Waals surface area contributed by atoms with Crippen LogP contribution in [-0.2, 0) is 0 Å². The third kappa shape index (κ3) is 0.887. The molecule has 1 aliphatic rings. The zero-order valence-corrected chi connectivity index (χ0v) is 7.88. The first kappa shape index (κ1) is 6.05. The summed E-state index contributed by atoms with van der Waals surface area (Å²) in [6, 6.07) is 2.17. The predicted molar refractivity (Wildman–Crippen MR) is 45.0 cm³/mol. The van der Waals surface area contributed by atoms with E-state index < -0.39 is 0 Å². The SMILES string of the molecule is [Se]=S1C=Cc2ccsc21. The van der Waals surface area contributed by atoms with Crippen molar-refractivity contribution >= 4 is 40.6 Å². The Labute approximate surface area is 67.2 Å². The summed E-state index contributed by atoms with van der Waals surface area (Å²) in [4.78, 5) is 0. The van der Waals surface area contributed by atoms with Gasteiger partial charge >= 0.3 is 67.2 Å². The Balaban J connectivity index is 2.73. The normalized spacial score (nSPS) is 22.4. The predicted octanol–water partition coefficient (Wildman–Crippen LogP) is 2.44. The Morgan fingerprint density at radius 3 is 3.22 bits per heavy atom. The number of fused-ring (bicyclic) bond motifs is 1. The third-order valence-corrected chi connectivity index (χ3v) is 6.21. The summed E-state index contributed by atoms with van der Waals surface area (Å²) < 4.78 is 1.50. The Bertz CT molecular complexity index is 285. The minimum absolute atomic E-state index is 0.296. The van der Waals surface area contributed by atoms with Crippen LogP contribution in [0.5, 0.6) is 0 Å². The Kier molecular flexibility index (Phi) is 1.46. The molecule has 3 heteroatoms. The molecule has 0 amide bonds. The average molecular weight is 219 g/mol. The van der Waals surface area contributed by atoms with Gasteiger partial charge in [0.1, 0.15) is 0 Å². The summed E-state index contributed by atoms with van der Waals surface area (Å²) in [6.45, 7) is 0. The van der Waals surface area contributed by atoms with Crippen LogP contribution in [0, 0.1) is 0 Å². The van der Waals surface area contributed by atoms with Gasteiger partial charge in [0.2, 0.25) is 0 Å². The van der Waals surface area contributed by atoms with E-state index in [1.54, 1.807) is 0 Å². The van der Waals surface area contributed by atoms with Gasteiger partial charge in [-0.2, -0.15) is 0 Å². The average Bonchev–Trinajstić information content (AvgIpc) is 2.35. The minimum atomic E-state index is 0.296. The van der Waals surface area contributed by atoms with E-state index in [9.17, 15) is 0 Å². The summed E-state index contributed by atoms with van der Waals surface area (Å²) in [5.41, 5.74) is 1.40. The second-order valence-electron chi connectivity index (χ2n) is 1.76. The molecule has 46 valence electrons. The molecule has 0 saturated heterocycles. The number of hydrogen-bond acceptors (Lipinski definition) is 1. The molecule has 0 aliphatic carbocycles. The van der Waals surface area contributed by atoms with Gasteiger partial charge in [-0.3, -0.25) is 0 Å². The molecule has 0 aromatic carbocycles. The van der Waals surface area contributed by atoms with Crippen molar-refractivity contribution < 1.29 is 0 Å². The van der Waals surface area contributed by atoms with Crippen LogP contribution in [0.1, 0.15) is 5.56 Å². The zero-order chi connectivity index (χ0) is 6.27. The summed E-state index contributed by atoms with van der Waals surface area (Å²) >= 11 is 4.97. The van der Waals surface area contributed by atoms with E-state index in [0.29, 0.717) is 8.82 Å². The van der Waals surface area contributed by atoms with E-state index in [1.807, 2.05) is 11.3 Å². The van der Waals surface area contributed by atoms with Gasteiger partial charge in [-0.05, 0) is 0 Å². The molecule has 1 aliphatic heterocycles. The molecule has 1 atom stereocenters. The van der Waals surface area contributed by atoms with Crippen LogP contribution in [0.3, 0.4) is 0 Å². The molecule has 0 fully saturated rings. The summed E-state index contributed by atoms with van der Waals surface area (Å²) in [6.07, 6.45) is 2.19. The van der Waals surface area contributed by atoms with Gasteiger partial charge in [-0.15, -0.1) is 0 Å². The Morgan fingerprint density at radius 2 is 2.44 bits per heavy atom. The van der Waals surface area contributed by atoms with Gasteiger partial charge in [-0.1, -0.05) is 0 Å². The molecule has 0 saturated carbocycles. The second kappa shape index (κ2) is 2.17. The zero-order valence-electron chi connectivity index (χ0n) is 4.53. The molecule has 1 aromatic rings. The van der Waals surface area contributed by atoms with Gasteiger partial charge in [0, 0.05) is 0 Å². The van der Waals surface area contributed by atoms with Crippen LogP contribution in [0.4, 0.5) is 0 Å². The van der Waals surface area contributed by atoms with Crippen molar-refractivity contribution in [2.24, 2.45) is 0 Å². The van der Waals surface area contributed by atoms with Crippen molar-refractivity contribution in [2.75, 3.05) is 0 Å². The topological polar surface area (TPSA) is 0 Å². The first-order valence-electron chi connectivity index (χ1n) is 2.54. The van der Waals surface area contributed by atoms with Crippen LogP contribution < -0.4 is 0 Å². The third-order valence-electron chi connectivity index (χ3n) is 1.21. The van der Waals surface area contributed by atoms with Crippen molar-refractivity contribution in [2.45, 2.75) is 4.21 Å². The second-order valence-corrected chi connectivity index (χ2v) is 6.47.